The molecule has 0 aliphatic carbocycles. The number of para-hydroxylation sites is 1. The van der Waals surface area contributed by atoms with Gasteiger partial charge in [0.15, 0.2) is 5.82 Å². The van der Waals surface area contributed by atoms with Crippen LogP contribution in [0.4, 0.5) is 15.9 Å². The van der Waals surface area contributed by atoms with Gasteiger partial charge in [-0.15, -0.1) is 0 Å². The van der Waals surface area contributed by atoms with Crippen molar-refractivity contribution in [3.63, 3.8) is 0 Å². The molecule has 6 nitrogen and oxygen atoms in total. The Balaban J connectivity index is 2.39. The van der Waals surface area contributed by atoms with Gasteiger partial charge in [-0.2, -0.15) is 5.10 Å². The van der Waals surface area contributed by atoms with Gasteiger partial charge >= 0.3 is 0 Å². The van der Waals surface area contributed by atoms with Crippen molar-refractivity contribution in [2.75, 3.05) is 10.5 Å². The molecule has 0 unspecified atom stereocenters. The van der Waals surface area contributed by atoms with Gasteiger partial charge in [-0.1, -0.05) is 24.6 Å². The van der Waals surface area contributed by atoms with Crippen molar-refractivity contribution in [3.8, 4) is 0 Å². The van der Waals surface area contributed by atoms with Crippen molar-refractivity contribution in [1.29, 1.82) is 0 Å². The minimum Gasteiger partial charge on any atom is -0.381 e. The Hall–Kier alpha value is -1.80. The number of nitrogens with zero attached hydrogens (tertiary/aromatic N) is 2. The lowest BCUT2D eigenvalue weighted by Crippen LogP contribution is -2.15. The zero-order chi connectivity index (χ0) is 15.6. The molecule has 0 aliphatic heterocycles. The summed E-state index contributed by atoms with van der Waals surface area (Å²) in [6.07, 6.45) is 2.07. The van der Waals surface area contributed by atoms with Crippen LogP contribution < -0.4 is 10.5 Å². The summed E-state index contributed by atoms with van der Waals surface area (Å²) in [5.41, 5.74) is 5.29. The number of sulfonamides is 1. The minimum absolute atomic E-state index is 0.0434. The lowest BCUT2D eigenvalue weighted by molar-refractivity contribution is 0.593. The van der Waals surface area contributed by atoms with E-state index < -0.39 is 15.8 Å². The number of hydrogen-bond donors (Lipinski definition) is 2. The predicted octanol–water partition coefficient (Wildman–Crippen LogP) is 2.47. The second-order valence-electron chi connectivity index (χ2n) is 4.34. The van der Waals surface area contributed by atoms with Crippen molar-refractivity contribution in [2.45, 2.75) is 24.8 Å². The number of halogens is 2. The highest BCUT2D eigenvalue weighted by Gasteiger charge is 2.23. The summed E-state index contributed by atoms with van der Waals surface area (Å²) in [6, 6.07) is 3.86. The first-order valence-corrected chi connectivity index (χ1v) is 8.01. The van der Waals surface area contributed by atoms with Crippen LogP contribution in [0.5, 0.6) is 0 Å². The maximum atomic E-state index is 13.7. The SMILES string of the molecule is CCCn1cc(S(=O)(=O)Nc2c(F)cccc2Cl)c(N)n1. The number of aryl methyl sites for hydroxylation is 1. The third-order valence-corrected chi connectivity index (χ3v) is 4.38. The zero-order valence-corrected chi connectivity index (χ0v) is 12.7. The molecule has 114 valence electrons. The van der Waals surface area contributed by atoms with Crippen molar-refractivity contribution in [1.82, 2.24) is 9.78 Å². The quantitative estimate of drug-likeness (QED) is 0.880. The highest BCUT2D eigenvalue weighted by Crippen LogP contribution is 2.28. The third-order valence-electron chi connectivity index (χ3n) is 2.70. The van der Waals surface area contributed by atoms with Gasteiger partial charge in [0, 0.05) is 12.7 Å². The molecule has 1 aromatic heterocycles. The highest BCUT2D eigenvalue weighted by atomic mass is 35.5. The molecular weight excluding hydrogens is 319 g/mol. The fraction of sp³-hybridized carbons (Fsp3) is 0.250. The molecule has 21 heavy (non-hydrogen) atoms. The van der Waals surface area contributed by atoms with Crippen LogP contribution in [-0.4, -0.2) is 18.2 Å². The first kappa shape index (κ1) is 15.6. The van der Waals surface area contributed by atoms with E-state index >= 15 is 0 Å². The van der Waals surface area contributed by atoms with Crippen LogP contribution in [0.25, 0.3) is 0 Å². The molecule has 9 heteroatoms. The summed E-state index contributed by atoms with van der Waals surface area (Å²) in [7, 11) is -4.07. The van der Waals surface area contributed by atoms with Gasteiger partial charge in [-0.25, -0.2) is 12.8 Å². The molecule has 0 amide bonds. The molecule has 0 atom stereocenters. The van der Waals surface area contributed by atoms with Gasteiger partial charge in [0.05, 0.1) is 5.02 Å². The van der Waals surface area contributed by atoms with E-state index in [4.69, 9.17) is 17.3 Å². The predicted molar refractivity (Wildman–Crippen MR) is 79.1 cm³/mol. The van der Waals surface area contributed by atoms with E-state index in [1.807, 2.05) is 6.92 Å². The highest BCUT2D eigenvalue weighted by molar-refractivity contribution is 7.92. The molecule has 2 aromatic rings. The van der Waals surface area contributed by atoms with Gasteiger partial charge in [0.1, 0.15) is 16.4 Å². The lowest BCUT2D eigenvalue weighted by Gasteiger charge is -2.09. The van der Waals surface area contributed by atoms with Crippen LogP contribution in [0.15, 0.2) is 29.3 Å². The number of anilines is 2. The smallest absolute Gasteiger partial charge is 0.267 e. The van der Waals surface area contributed by atoms with Crippen molar-refractivity contribution in [2.24, 2.45) is 0 Å². The molecule has 3 N–H and O–H groups in total. The molecule has 0 aliphatic rings. The molecule has 1 heterocycles. The fourth-order valence-corrected chi connectivity index (χ4v) is 3.18. The van der Waals surface area contributed by atoms with Gasteiger partial charge in [0.25, 0.3) is 10.0 Å². The molecule has 0 spiro atoms. The summed E-state index contributed by atoms with van der Waals surface area (Å²) in [4.78, 5) is -0.213. The van der Waals surface area contributed by atoms with Crippen LogP contribution in [-0.2, 0) is 16.6 Å². The summed E-state index contributed by atoms with van der Waals surface area (Å²) >= 11 is 5.80. The second kappa shape index (κ2) is 5.90. The van der Waals surface area contributed by atoms with Crippen molar-refractivity contribution in [3.05, 3.63) is 35.2 Å². The van der Waals surface area contributed by atoms with Gasteiger partial charge in [0.2, 0.25) is 0 Å². The summed E-state index contributed by atoms with van der Waals surface area (Å²) < 4.78 is 41.7. The average molecular weight is 333 g/mol. The number of nitrogens with one attached hydrogen (secondary N) is 1. The summed E-state index contributed by atoms with van der Waals surface area (Å²) in [5, 5.41) is 3.86. The first-order chi connectivity index (χ1) is 9.85. The monoisotopic (exact) mass is 332 g/mol. The van der Waals surface area contributed by atoms with Crippen molar-refractivity contribution < 1.29 is 12.8 Å². The number of benzene rings is 1. The molecule has 0 saturated carbocycles. The van der Waals surface area contributed by atoms with Crippen LogP contribution in [0, 0.1) is 5.82 Å². The van der Waals surface area contributed by atoms with E-state index in [1.165, 1.54) is 23.0 Å². The van der Waals surface area contributed by atoms with Crippen LogP contribution >= 0.6 is 11.6 Å². The molecule has 0 bridgehead atoms. The average Bonchev–Trinajstić information content (AvgIpc) is 2.76. The normalized spacial score (nSPS) is 11.6. The molecule has 1 aromatic carbocycles. The minimum atomic E-state index is -4.07. The van der Waals surface area contributed by atoms with E-state index in [-0.39, 0.29) is 21.4 Å². The number of nitrogen functional groups attached to an aromatic ring is 1. The summed E-state index contributed by atoms with van der Waals surface area (Å²) in [5.74, 6) is -0.922. The number of aromatic nitrogens is 2. The first-order valence-electron chi connectivity index (χ1n) is 6.15. The van der Waals surface area contributed by atoms with E-state index in [0.29, 0.717) is 6.54 Å². The lowest BCUT2D eigenvalue weighted by atomic mass is 10.3. The Morgan fingerprint density at radius 2 is 2.19 bits per heavy atom. The van der Waals surface area contributed by atoms with Crippen LogP contribution in [0.3, 0.4) is 0 Å². The standard InChI is InChI=1S/C12H14ClFN4O2S/c1-2-6-18-7-10(12(15)16-18)21(19,20)17-11-8(13)4-3-5-9(11)14/h3-5,7,17H,2,6H2,1H3,(H2,15,16). The number of nitrogens with two attached hydrogens (primary N) is 1. The Bertz CT molecular complexity index is 740. The van der Waals surface area contributed by atoms with Crippen molar-refractivity contribution >= 4 is 33.1 Å². The van der Waals surface area contributed by atoms with E-state index in [0.717, 1.165) is 12.5 Å². The van der Waals surface area contributed by atoms with Gasteiger partial charge in [-0.05, 0) is 18.6 Å². The van der Waals surface area contributed by atoms with Gasteiger partial charge < -0.3 is 5.73 Å². The summed E-state index contributed by atoms with van der Waals surface area (Å²) in [6.45, 7) is 2.45. The van der Waals surface area contributed by atoms with Crippen LogP contribution in [0.1, 0.15) is 13.3 Å². The van der Waals surface area contributed by atoms with E-state index in [2.05, 4.69) is 9.82 Å². The fourth-order valence-electron chi connectivity index (χ4n) is 1.75. The van der Waals surface area contributed by atoms with Gasteiger partial charge in [-0.3, -0.25) is 9.40 Å². The van der Waals surface area contributed by atoms with E-state index in [1.54, 1.807) is 0 Å². The van der Waals surface area contributed by atoms with Crippen LogP contribution in [0.2, 0.25) is 5.02 Å². The Morgan fingerprint density at radius 1 is 1.48 bits per heavy atom. The maximum Gasteiger partial charge on any atom is 0.267 e. The largest absolute Gasteiger partial charge is 0.381 e. The number of rotatable bonds is 5. The maximum absolute atomic E-state index is 13.7. The molecular formula is C12H14ClFN4O2S. The Kier molecular flexibility index (Phi) is 4.38. The number of hydrogen-bond acceptors (Lipinski definition) is 4. The molecule has 0 fully saturated rings. The molecule has 0 radical (unpaired) electrons. The Morgan fingerprint density at radius 3 is 2.81 bits per heavy atom. The zero-order valence-electron chi connectivity index (χ0n) is 11.2. The second-order valence-corrected chi connectivity index (χ2v) is 6.40. The topological polar surface area (TPSA) is 90.0 Å². The molecule has 0 saturated heterocycles. The third kappa shape index (κ3) is 3.27. The molecule has 2 rings (SSSR count). The Labute approximate surface area is 126 Å². The van der Waals surface area contributed by atoms with E-state index in [9.17, 15) is 12.8 Å².